The van der Waals surface area contributed by atoms with E-state index in [0.717, 1.165) is 0 Å². The van der Waals surface area contributed by atoms with Crippen LogP contribution >= 0.6 is 24.9 Å². The molecule has 194 valence electrons. The molecule has 1 aliphatic carbocycles. The number of benzene rings is 1. The summed E-state index contributed by atoms with van der Waals surface area (Å²) in [5, 5.41) is 4.53. The van der Waals surface area contributed by atoms with Gasteiger partial charge in [0.15, 0.2) is 0 Å². The molecule has 0 unspecified atom stereocenters. The van der Waals surface area contributed by atoms with E-state index in [0.29, 0.717) is 0 Å². The van der Waals surface area contributed by atoms with Gasteiger partial charge in [0.2, 0.25) is 0 Å². The third kappa shape index (κ3) is 12.1. The first kappa shape index (κ1) is 33.2. The predicted molar refractivity (Wildman–Crippen MR) is 160 cm³/mol. The number of allylic oxidation sites excluding steroid dienone is 4. The quantitative estimate of drug-likeness (QED) is 0.135. The van der Waals surface area contributed by atoms with Gasteiger partial charge in [0.05, 0.1) is 0 Å². The molecule has 0 saturated carbocycles. The summed E-state index contributed by atoms with van der Waals surface area (Å²) in [6.45, 7) is 15.5. The summed E-state index contributed by atoms with van der Waals surface area (Å²) in [5.74, 6) is 0. The summed E-state index contributed by atoms with van der Waals surface area (Å²) in [4.78, 5) is 0. The molecule has 0 amide bonds. The van der Waals surface area contributed by atoms with Gasteiger partial charge in [-0.05, 0) is 25.2 Å². The molecule has 0 N–H and O–H groups in total. The summed E-state index contributed by atoms with van der Waals surface area (Å²) in [7, 11) is 9.93. The molecule has 0 nitrogen and oxygen atoms in total. The molecular weight excluding hydrogens is 565 g/mol. The Morgan fingerprint density at radius 3 is 1.83 bits per heavy atom. The first-order valence-electron chi connectivity index (χ1n) is 13.4. The Labute approximate surface area is 237 Å². The molecule has 2 aromatic carbocycles. The van der Waals surface area contributed by atoms with Crippen molar-refractivity contribution < 1.29 is 20.8 Å². The summed E-state index contributed by atoms with van der Waals surface area (Å²) in [6, 6.07) is 13.8. The molecule has 3 rings (SSSR count). The molecule has 0 fully saturated rings. The average molecular weight is 613 g/mol. The second-order valence-electron chi connectivity index (χ2n) is 10.1. The van der Waals surface area contributed by atoms with E-state index < -0.39 is 20.8 Å². The van der Waals surface area contributed by atoms with Gasteiger partial charge in [0.25, 0.3) is 0 Å². The van der Waals surface area contributed by atoms with Gasteiger partial charge < -0.3 is 0 Å². The molecule has 0 spiro atoms. The molecule has 0 atom stereocenters. The topological polar surface area (TPSA) is 0 Å². The predicted octanol–water partition coefficient (Wildman–Crippen LogP) is 11.3. The number of rotatable bonds is 11. The Hall–Kier alpha value is 0.203. The zero-order valence-corrected chi connectivity index (χ0v) is 28.1. The average Bonchev–Trinajstić information content (AvgIpc) is 3.33. The van der Waals surface area contributed by atoms with Crippen LogP contribution in [0.25, 0.3) is 10.8 Å². The van der Waals surface area contributed by atoms with Crippen LogP contribution in [0.1, 0.15) is 99.8 Å². The number of fused-ring (bicyclic) bond motifs is 1. The standard InChI is InChI=1S/C21H32P.C10H15.2ClH.Zr/c1-3-5-7-11-15-22(16-12-8-6-4-2)21-17-19-13-9-10-14-20(19)18-21;1-7-6-10(4,5)9(3)8(7)2;;;/h9-10,13-14,17-18H,3-8,11-12,15-16H2,1-2H3;1-5H3;2*1H;/q2*-1;;;+4/p-2. The van der Waals surface area contributed by atoms with Gasteiger partial charge in [-0.1, -0.05) is 99.5 Å². The molecule has 2 aromatic rings. The van der Waals surface area contributed by atoms with Crippen molar-refractivity contribution in [2.24, 2.45) is 5.41 Å². The van der Waals surface area contributed by atoms with E-state index in [9.17, 15) is 0 Å². The van der Waals surface area contributed by atoms with E-state index >= 15 is 0 Å². The van der Waals surface area contributed by atoms with Crippen LogP contribution in [-0.4, -0.2) is 12.3 Å². The molecule has 4 heteroatoms. The number of hydrogen-bond acceptors (Lipinski definition) is 0. The van der Waals surface area contributed by atoms with Gasteiger partial charge in [-0.25, -0.2) is 5.57 Å². The molecule has 0 radical (unpaired) electrons. The second kappa shape index (κ2) is 18.5. The van der Waals surface area contributed by atoms with E-state index in [2.05, 4.69) is 90.9 Å². The van der Waals surface area contributed by atoms with E-state index in [1.165, 1.54) is 91.2 Å². The molecule has 0 bridgehead atoms. The molecule has 0 aliphatic heterocycles. The van der Waals surface area contributed by atoms with Crippen LogP contribution in [0.2, 0.25) is 0 Å². The van der Waals surface area contributed by atoms with Gasteiger partial charge in [0.1, 0.15) is 0 Å². The normalized spacial score (nSPS) is 14.3. The Morgan fingerprint density at radius 1 is 0.886 bits per heavy atom. The van der Waals surface area contributed by atoms with Crippen LogP contribution in [0.15, 0.2) is 53.1 Å². The van der Waals surface area contributed by atoms with Crippen molar-refractivity contribution >= 4 is 41.0 Å². The Kier molecular flexibility index (Phi) is 17.5. The van der Waals surface area contributed by atoms with Crippen molar-refractivity contribution in [2.75, 3.05) is 12.3 Å². The fraction of sp³-hybridized carbons (Fsp3) is 0.581. The van der Waals surface area contributed by atoms with Crippen LogP contribution in [0.4, 0.5) is 0 Å². The Morgan fingerprint density at radius 2 is 1.43 bits per heavy atom. The van der Waals surface area contributed by atoms with E-state index in [1.807, 2.05) is 0 Å². The number of halogens is 2. The van der Waals surface area contributed by atoms with Crippen LogP contribution in [-0.2, 0) is 20.8 Å². The van der Waals surface area contributed by atoms with Crippen molar-refractivity contribution in [1.82, 2.24) is 0 Å². The van der Waals surface area contributed by atoms with E-state index in [1.54, 1.807) is 5.30 Å². The van der Waals surface area contributed by atoms with Crippen molar-refractivity contribution in [3.05, 3.63) is 59.2 Å². The molecule has 0 heterocycles. The van der Waals surface area contributed by atoms with Crippen LogP contribution in [0.3, 0.4) is 0 Å². The fourth-order valence-corrected chi connectivity index (χ4v) is 7.15. The van der Waals surface area contributed by atoms with Crippen LogP contribution < -0.4 is 5.30 Å². The molecule has 35 heavy (non-hydrogen) atoms. The third-order valence-corrected chi connectivity index (χ3v) is 9.79. The first-order chi connectivity index (χ1) is 16.7. The number of unbranched alkanes of at least 4 members (excludes halogenated alkanes) is 6. The zero-order chi connectivity index (χ0) is 26.3. The monoisotopic (exact) mass is 610 g/mol. The van der Waals surface area contributed by atoms with Gasteiger partial charge in [-0.2, -0.15) is 17.2 Å². The van der Waals surface area contributed by atoms with Crippen molar-refractivity contribution in [3.8, 4) is 0 Å². The van der Waals surface area contributed by atoms with Crippen LogP contribution in [0.5, 0.6) is 0 Å². The zero-order valence-electron chi connectivity index (χ0n) is 23.2. The molecule has 1 aliphatic rings. The van der Waals surface area contributed by atoms with Crippen molar-refractivity contribution in [2.45, 2.75) is 99.8 Å². The molecule has 0 saturated heterocycles. The Balaban J connectivity index is 0.000000391. The number of hydrogen-bond donors (Lipinski definition) is 0. The SMILES string of the molecule is CC1=[C-]C(C)(C)C(C)=C1C.CCCCCCP(CCCCCC)c1cc2ccccc2[cH-]1.[Cl][Zr+2][Cl]. The first-order valence-corrected chi connectivity index (χ1v) is 21.4. The minimum atomic E-state index is -0.826. The van der Waals surface area contributed by atoms with E-state index in [4.69, 9.17) is 17.0 Å². The van der Waals surface area contributed by atoms with Crippen LogP contribution in [0, 0.1) is 11.5 Å². The van der Waals surface area contributed by atoms with Gasteiger partial charge in [0, 0.05) is 0 Å². The van der Waals surface area contributed by atoms with Crippen molar-refractivity contribution in [3.63, 3.8) is 0 Å². The maximum absolute atomic E-state index is 4.93. The van der Waals surface area contributed by atoms with Gasteiger partial charge in [-0.3, -0.25) is 6.08 Å². The summed E-state index contributed by atoms with van der Waals surface area (Å²) < 4.78 is 0. The van der Waals surface area contributed by atoms with Gasteiger partial charge in [-0.15, -0.1) is 47.3 Å². The molecule has 0 aromatic heterocycles. The molecular formula is C31H47Cl2PZr. The second-order valence-corrected chi connectivity index (χ2v) is 16.4. The van der Waals surface area contributed by atoms with Crippen molar-refractivity contribution in [1.29, 1.82) is 0 Å². The van der Waals surface area contributed by atoms with E-state index in [-0.39, 0.29) is 13.3 Å². The summed E-state index contributed by atoms with van der Waals surface area (Å²) in [5.41, 5.74) is 4.39. The van der Waals surface area contributed by atoms with Gasteiger partial charge >= 0.3 is 37.9 Å². The maximum atomic E-state index is 4.93. The fourth-order valence-electron chi connectivity index (χ4n) is 4.55. The summed E-state index contributed by atoms with van der Waals surface area (Å²) >= 11 is -0.826. The minimum absolute atomic E-state index is 0.0642. The summed E-state index contributed by atoms with van der Waals surface area (Å²) in [6.07, 6.45) is 17.5. The Bertz CT molecular complexity index is 865. The third-order valence-electron chi connectivity index (χ3n) is 7.09.